The minimum atomic E-state index is -3.10. The van der Waals surface area contributed by atoms with Crippen molar-refractivity contribution in [2.45, 2.75) is 45.6 Å². The molecule has 0 bridgehead atoms. The molecule has 0 aromatic rings. The van der Waals surface area contributed by atoms with Crippen LogP contribution in [0, 0.1) is 5.92 Å². The number of carbonyl (C=O) groups excluding carboxylic acids is 1. The second-order valence-corrected chi connectivity index (χ2v) is 6.58. The highest BCUT2D eigenvalue weighted by Gasteiger charge is 2.24. The van der Waals surface area contributed by atoms with Crippen molar-refractivity contribution in [3.05, 3.63) is 0 Å². The Balaban J connectivity index is 2.28. The third kappa shape index (κ3) is 5.50. The Morgan fingerprint density at radius 1 is 1.29 bits per heavy atom. The molecule has 6 heteroatoms. The van der Waals surface area contributed by atoms with Crippen LogP contribution in [-0.2, 0) is 19.6 Å². The minimum absolute atomic E-state index is 0.0496. The van der Waals surface area contributed by atoms with E-state index < -0.39 is 10.0 Å². The lowest BCUT2D eigenvalue weighted by molar-refractivity contribution is -0.142. The molecule has 0 aromatic carbocycles. The number of nitrogens with one attached hydrogen (secondary N) is 1. The van der Waals surface area contributed by atoms with Crippen molar-refractivity contribution >= 4 is 16.0 Å². The van der Waals surface area contributed by atoms with Gasteiger partial charge in [-0.25, -0.2) is 13.1 Å². The van der Waals surface area contributed by atoms with Crippen LogP contribution in [0.3, 0.4) is 0 Å². The lowest BCUT2D eigenvalue weighted by atomic mass is 9.87. The van der Waals surface area contributed by atoms with Crippen LogP contribution < -0.4 is 4.72 Å². The standard InChI is InChI=1S/C11H21NO4S/c1-3-17(14,15)12-11-6-4-10(5-7-11)8-16-9(2)13/h10-12H,3-8H2,1-2H3/t10-,11-. The molecular formula is C11H21NO4S. The molecule has 0 unspecified atom stereocenters. The summed E-state index contributed by atoms with van der Waals surface area (Å²) >= 11 is 0. The maximum atomic E-state index is 11.4. The van der Waals surface area contributed by atoms with Crippen molar-refractivity contribution in [1.82, 2.24) is 4.72 Å². The molecule has 1 rings (SSSR count). The molecule has 0 aliphatic heterocycles. The van der Waals surface area contributed by atoms with Crippen molar-refractivity contribution in [2.24, 2.45) is 5.92 Å². The average Bonchev–Trinajstić information content (AvgIpc) is 2.28. The van der Waals surface area contributed by atoms with Gasteiger partial charge in [0, 0.05) is 13.0 Å². The molecule has 0 radical (unpaired) electrons. The van der Waals surface area contributed by atoms with E-state index >= 15 is 0 Å². The van der Waals surface area contributed by atoms with Crippen molar-refractivity contribution < 1.29 is 17.9 Å². The monoisotopic (exact) mass is 263 g/mol. The molecule has 1 N–H and O–H groups in total. The van der Waals surface area contributed by atoms with E-state index in [-0.39, 0.29) is 17.8 Å². The van der Waals surface area contributed by atoms with Gasteiger partial charge >= 0.3 is 5.97 Å². The van der Waals surface area contributed by atoms with Gasteiger partial charge in [0.05, 0.1) is 12.4 Å². The van der Waals surface area contributed by atoms with Gasteiger partial charge in [-0.3, -0.25) is 4.79 Å². The Hall–Kier alpha value is -0.620. The van der Waals surface area contributed by atoms with Gasteiger partial charge < -0.3 is 4.74 Å². The van der Waals surface area contributed by atoms with Crippen molar-refractivity contribution in [3.8, 4) is 0 Å². The summed E-state index contributed by atoms with van der Waals surface area (Å²) in [6.07, 6.45) is 3.46. The predicted molar refractivity (Wildman–Crippen MR) is 65.0 cm³/mol. The molecule has 5 nitrogen and oxygen atoms in total. The fourth-order valence-electron chi connectivity index (χ4n) is 2.02. The Morgan fingerprint density at radius 2 is 1.88 bits per heavy atom. The summed E-state index contributed by atoms with van der Waals surface area (Å²) in [5.74, 6) is 0.250. The molecule has 0 atom stereocenters. The first kappa shape index (κ1) is 14.4. The van der Waals surface area contributed by atoms with Crippen LogP contribution in [0.15, 0.2) is 0 Å². The van der Waals surface area contributed by atoms with E-state index in [1.54, 1.807) is 6.92 Å². The number of sulfonamides is 1. The molecule has 0 spiro atoms. The van der Waals surface area contributed by atoms with E-state index in [1.165, 1.54) is 6.92 Å². The van der Waals surface area contributed by atoms with Gasteiger partial charge in [0.1, 0.15) is 0 Å². The minimum Gasteiger partial charge on any atom is -0.466 e. The SMILES string of the molecule is CCS(=O)(=O)N[C@H]1CC[C@H](COC(C)=O)CC1. The molecule has 1 fully saturated rings. The van der Waals surface area contributed by atoms with Crippen LogP contribution in [0.4, 0.5) is 0 Å². The molecule has 1 saturated carbocycles. The topological polar surface area (TPSA) is 72.5 Å². The number of carbonyl (C=O) groups is 1. The zero-order valence-corrected chi connectivity index (χ0v) is 11.3. The van der Waals surface area contributed by atoms with E-state index in [0.717, 1.165) is 25.7 Å². The lowest BCUT2D eigenvalue weighted by Crippen LogP contribution is -2.39. The Morgan fingerprint density at radius 3 is 2.35 bits per heavy atom. The van der Waals surface area contributed by atoms with Gasteiger partial charge in [-0.15, -0.1) is 0 Å². The highest BCUT2D eigenvalue weighted by Crippen LogP contribution is 2.24. The van der Waals surface area contributed by atoms with Crippen LogP contribution in [0.1, 0.15) is 39.5 Å². The molecule has 0 heterocycles. The number of ether oxygens (including phenoxy) is 1. The van der Waals surface area contributed by atoms with Gasteiger partial charge in [0.2, 0.25) is 10.0 Å². The van der Waals surface area contributed by atoms with E-state index in [4.69, 9.17) is 4.74 Å². The predicted octanol–water partition coefficient (Wildman–Crippen LogP) is 1.05. The normalized spacial score (nSPS) is 25.5. The lowest BCUT2D eigenvalue weighted by Gasteiger charge is -2.28. The Labute approximate surface area is 103 Å². The van der Waals surface area contributed by atoms with Crippen molar-refractivity contribution in [3.63, 3.8) is 0 Å². The quantitative estimate of drug-likeness (QED) is 0.752. The maximum Gasteiger partial charge on any atom is 0.302 e. The fraction of sp³-hybridized carbons (Fsp3) is 0.909. The number of hydrogen-bond acceptors (Lipinski definition) is 4. The first-order chi connectivity index (χ1) is 7.93. The Kier molecular flexibility index (Phi) is 5.39. The van der Waals surface area contributed by atoms with Crippen LogP contribution in [0.2, 0.25) is 0 Å². The molecule has 17 heavy (non-hydrogen) atoms. The average molecular weight is 263 g/mol. The largest absolute Gasteiger partial charge is 0.466 e. The van der Waals surface area contributed by atoms with Crippen LogP contribution in [0.25, 0.3) is 0 Å². The smallest absolute Gasteiger partial charge is 0.302 e. The number of esters is 1. The third-order valence-electron chi connectivity index (χ3n) is 3.10. The summed E-state index contributed by atoms with van der Waals surface area (Å²) < 4.78 is 30.4. The molecule has 0 amide bonds. The van der Waals surface area contributed by atoms with Gasteiger partial charge in [-0.05, 0) is 38.5 Å². The summed E-state index contributed by atoms with van der Waals surface area (Å²) in [6.45, 7) is 3.50. The van der Waals surface area contributed by atoms with Gasteiger partial charge in [-0.1, -0.05) is 0 Å². The second-order valence-electron chi connectivity index (χ2n) is 4.54. The van der Waals surface area contributed by atoms with E-state index in [9.17, 15) is 13.2 Å². The number of rotatable bonds is 5. The Bertz CT molecular complexity index is 344. The van der Waals surface area contributed by atoms with Gasteiger partial charge in [0.25, 0.3) is 0 Å². The summed E-state index contributed by atoms with van der Waals surface area (Å²) in [6, 6.07) is 0.0496. The number of hydrogen-bond donors (Lipinski definition) is 1. The van der Waals surface area contributed by atoms with E-state index in [2.05, 4.69) is 4.72 Å². The zero-order valence-electron chi connectivity index (χ0n) is 10.4. The molecule has 100 valence electrons. The van der Waals surface area contributed by atoms with E-state index in [1.807, 2.05) is 0 Å². The molecule has 0 saturated heterocycles. The van der Waals surface area contributed by atoms with Gasteiger partial charge in [0.15, 0.2) is 0 Å². The van der Waals surface area contributed by atoms with Crippen LogP contribution in [-0.4, -0.2) is 32.8 Å². The van der Waals surface area contributed by atoms with Crippen molar-refractivity contribution in [2.75, 3.05) is 12.4 Å². The second kappa shape index (κ2) is 6.35. The molecule has 1 aliphatic rings. The summed E-state index contributed by atoms with van der Waals surface area (Å²) in [4.78, 5) is 10.7. The van der Waals surface area contributed by atoms with Crippen LogP contribution >= 0.6 is 0 Å². The first-order valence-electron chi connectivity index (χ1n) is 6.06. The highest BCUT2D eigenvalue weighted by atomic mass is 32.2. The van der Waals surface area contributed by atoms with Crippen LogP contribution in [0.5, 0.6) is 0 Å². The molecular weight excluding hydrogens is 242 g/mol. The summed E-state index contributed by atoms with van der Waals surface area (Å²) in [5, 5.41) is 0. The first-order valence-corrected chi connectivity index (χ1v) is 7.71. The van der Waals surface area contributed by atoms with Crippen molar-refractivity contribution in [1.29, 1.82) is 0 Å². The highest BCUT2D eigenvalue weighted by molar-refractivity contribution is 7.89. The van der Waals surface area contributed by atoms with E-state index in [0.29, 0.717) is 12.5 Å². The summed E-state index contributed by atoms with van der Waals surface area (Å²) in [5.41, 5.74) is 0. The maximum absolute atomic E-state index is 11.4. The third-order valence-corrected chi connectivity index (χ3v) is 4.55. The fourth-order valence-corrected chi connectivity index (χ4v) is 2.93. The van der Waals surface area contributed by atoms with Gasteiger partial charge in [-0.2, -0.15) is 0 Å². The molecule has 0 aromatic heterocycles. The molecule has 1 aliphatic carbocycles. The zero-order chi connectivity index (χ0) is 12.9. The summed E-state index contributed by atoms with van der Waals surface area (Å²) in [7, 11) is -3.10.